The van der Waals surface area contributed by atoms with E-state index in [2.05, 4.69) is 10.4 Å². The Hall–Kier alpha value is -1.26. The van der Waals surface area contributed by atoms with Crippen LogP contribution in [-0.2, 0) is 19.5 Å². The number of hydrogen-bond acceptors (Lipinski definition) is 2. The van der Waals surface area contributed by atoms with Gasteiger partial charge in [0.15, 0.2) is 0 Å². The molecule has 0 saturated heterocycles. The zero-order valence-electron chi connectivity index (χ0n) is 11.4. The number of halogens is 3. The zero-order chi connectivity index (χ0) is 14.7. The van der Waals surface area contributed by atoms with Crippen LogP contribution in [0.3, 0.4) is 0 Å². The van der Waals surface area contributed by atoms with Gasteiger partial charge in [0, 0.05) is 17.3 Å². The minimum Gasteiger partial charge on any atom is -0.379 e. The lowest BCUT2D eigenvalue weighted by Crippen LogP contribution is -2.08. The van der Waals surface area contributed by atoms with Crippen molar-refractivity contribution in [2.75, 3.05) is 5.32 Å². The molecule has 0 spiro atoms. The second-order valence-electron chi connectivity index (χ2n) is 4.39. The third-order valence-electron chi connectivity index (χ3n) is 3.02. The summed E-state index contributed by atoms with van der Waals surface area (Å²) in [6.45, 7) is 5.23. The first-order valence-electron chi connectivity index (χ1n) is 6.49. The number of anilines is 1. The minimum atomic E-state index is -0.371. The molecule has 1 heterocycles. The maximum atomic E-state index is 13.3. The number of aromatic nitrogens is 2. The van der Waals surface area contributed by atoms with Crippen molar-refractivity contribution in [1.82, 2.24) is 9.78 Å². The molecule has 1 aromatic heterocycles. The fourth-order valence-electron chi connectivity index (χ4n) is 2.03. The maximum absolute atomic E-state index is 13.3. The molecular weight excluding hydrogens is 300 g/mol. The summed E-state index contributed by atoms with van der Waals surface area (Å²) in [5.74, 6) is -0.371. The van der Waals surface area contributed by atoms with Crippen molar-refractivity contribution in [1.29, 1.82) is 0 Å². The molecule has 0 fully saturated rings. The van der Waals surface area contributed by atoms with Crippen LogP contribution in [0.2, 0.25) is 10.0 Å². The van der Waals surface area contributed by atoms with Gasteiger partial charge in [-0.3, -0.25) is 4.68 Å². The third kappa shape index (κ3) is 3.25. The van der Waals surface area contributed by atoms with Crippen LogP contribution < -0.4 is 5.32 Å². The zero-order valence-corrected chi connectivity index (χ0v) is 12.9. The van der Waals surface area contributed by atoms with Crippen LogP contribution in [0.1, 0.15) is 25.2 Å². The topological polar surface area (TPSA) is 29.9 Å². The van der Waals surface area contributed by atoms with Crippen LogP contribution in [0, 0.1) is 5.82 Å². The molecule has 6 heteroatoms. The van der Waals surface area contributed by atoms with Gasteiger partial charge in [-0.25, -0.2) is 4.39 Å². The third-order valence-corrected chi connectivity index (χ3v) is 3.67. The Bertz CT molecular complexity index is 590. The highest BCUT2D eigenvalue weighted by molar-refractivity contribution is 6.32. The predicted molar refractivity (Wildman–Crippen MR) is 81.0 cm³/mol. The number of benzene rings is 1. The Morgan fingerprint density at radius 1 is 1.25 bits per heavy atom. The first-order valence-corrected chi connectivity index (χ1v) is 7.24. The highest BCUT2D eigenvalue weighted by Gasteiger charge is 2.14. The normalized spacial score (nSPS) is 10.8. The lowest BCUT2D eigenvalue weighted by atomic mass is 10.2. The van der Waals surface area contributed by atoms with Gasteiger partial charge in [0.05, 0.1) is 23.0 Å². The number of aryl methyl sites for hydroxylation is 2. The average molecular weight is 316 g/mol. The van der Waals surface area contributed by atoms with E-state index in [9.17, 15) is 4.39 Å². The number of nitrogens with one attached hydrogen (secondary N) is 1. The molecule has 1 N–H and O–H groups in total. The van der Waals surface area contributed by atoms with E-state index < -0.39 is 0 Å². The summed E-state index contributed by atoms with van der Waals surface area (Å²) >= 11 is 12.1. The maximum Gasteiger partial charge on any atom is 0.126 e. The predicted octanol–water partition coefficient (Wildman–Crippen LogP) is 4.52. The second-order valence-corrected chi connectivity index (χ2v) is 5.20. The van der Waals surface area contributed by atoms with Gasteiger partial charge in [-0.15, -0.1) is 0 Å². The molecule has 3 nitrogen and oxygen atoms in total. The van der Waals surface area contributed by atoms with E-state index in [1.807, 2.05) is 18.5 Å². The fraction of sp³-hybridized carbons (Fsp3) is 0.357. The monoisotopic (exact) mass is 315 g/mol. The largest absolute Gasteiger partial charge is 0.379 e. The first kappa shape index (κ1) is 15.1. The molecule has 0 radical (unpaired) electrons. The standard InChI is InChI=1S/C14H16Cl2FN3/c1-3-12-14(16)13(20(4-2)19-12)8-18-11-6-9(15)5-10(17)7-11/h5-7,18H,3-4,8H2,1-2H3. The highest BCUT2D eigenvalue weighted by Crippen LogP contribution is 2.24. The van der Waals surface area contributed by atoms with Gasteiger partial charge in [0.2, 0.25) is 0 Å². The van der Waals surface area contributed by atoms with Crippen molar-refractivity contribution >= 4 is 28.9 Å². The molecule has 2 rings (SSSR count). The molecule has 0 saturated carbocycles. The van der Waals surface area contributed by atoms with Crippen LogP contribution in [0.4, 0.5) is 10.1 Å². The molecule has 0 aliphatic rings. The second kappa shape index (κ2) is 6.46. The summed E-state index contributed by atoms with van der Waals surface area (Å²) in [4.78, 5) is 0. The van der Waals surface area contributed by atoms with E-state index >= 15 is 0 Å². The minimum absolute atomic E-state index is 0.358. The Kier molecular flexibility index (Phi) is 4.89. The first-order chi connectivity index (χ1) is 9.55. The molecule has 0 atom stereocenters. The number of nitrogens with zero attached hydrogens (tertiary/aromatic N) is 2. The summed E-state index contributed by atoms with van der Waals surface area (Å²) in [5.41, 5.74) is 2.39. The van der Waals surface area contributed by atoms with Gasteiger partial charge in [0.1, 0.15) is 5.82 Å². The van der Waals surface area contributed by atoms with Crippen molar-refractivity contribution in [2.45, 2.75) is 33.4 Å². The van der Waals surface area contributed by atoms with Crippen LogP contribution in [0.15, 0.2) is 18.2 Å². The fourth-order valence-corrected chi connectivity index (χ4v) is 2.59. The van der Waals surface area contributed by atoms with Crippen LogP contribution in [0.25, 0.3) is 0 Å². The Labute approximate surface area is 127 Å². The Morgan fingerprint density at radius 3 is 2.60 bits per heavy atom. The Morgan fingerprint density at radius 2 is 2.00 bits per heavy atom. The van der Waals surface area contributed by atoms with E-state index in [4.69, 9.17) is 23.2 Å². The molecule has 0 unspecified atom stereocenters. The van der Waals surface area contributed by atoms with Gasteiger partial charge in [-0.2, -0.15) is 5.10 Å². The van der Waals surface area contributed by atoms with Crippen molar-refractivity contribution < 1.29 is 4.39 Å². The summed E-state index contributed by atoms with van der Waals surface area (Å²) in [6.07, 6.45) is 0.782. The lowest BCUT2D eigenvalue weighted by Gasteiger charge is -2.09. The molecule has 2 aromatic rings. The highest BCUT2D eigenvalue weighted by atomic mass is 35.5. The van der Waals surface area contributed by atoms with E-state index in [1.165, 1.54) is 12.1 Å². The van der Waals surface area contributed by atoms with E-state index in [0.29, 0.717) is 22.3 Å². The summed E-state index contributed by atoms with van der Waals surface area (Å²) in [7, 11) is 0. The Balaban J connectivity index is 2.20. The molecular formula is C14H16Cl2FN3. The molecule has 0 aliphatic carbocycles. The smallest absolute Gasteiger partial charge is 0.126 e. The van der Waals surface area contributed by atoms with Crippen molar-refractivity contribution in [2.24, 2.45) is 0 Å². The lowest BCUT2D eigenvalue weighted by molar-refractivity contribution is 0.618. The van der Waals surface area contributed by atoms with Gasteiger partial charge >= 0.3 is 0 Å². The van der Waals surface area contributed by atoms with Gasteiger partial charge < -0.3 is 5.32 Å². The van der Waals surface area contributed by atoms with Crippen LogP contribution >= 0.6 is 23.2 Å². The molecule has 0 amide bonds. The summed E-state index contributed by atoms with van der Waals surface area (Å²) < 4.78 is 15.1. The van der Waals surface area contributed by atoms with E-state index in [-0.39, 0.29) is 5.82 Å². The van der Waals surface area contributed by atoms with Gasteiger partial charge in [0.25, 0.3) is 0 Å². The number of hydrogen-bond donors (Lipinski definition) is 1. The number of rotatable bonds is 5. The molecule has 108 valence electrons. The molecule has 1 aromatic carbocycles. The average Bonchev–Trinajstić information content (AvgIpc) is 2.71. The summed E-state index contributed by atoms with van der Waals surface area (Å²) in [6, 6.07) is 4.34. The quantitative estimate of drug-likeness (QED) is 0.879. The molecule has 0 bridgehead atoms. The van der Waals surface area contributed by atoms with E-state index in [1.54, 1.807) is 6.07 Å². The molecule has 20 heavy (non-hydrogen) atoms. The summed E-state index contributed by atoms with van der Waals surface area (Å²) in [5, 5.41) is 8.59. The van der Waals surface area contributed by atoms with Crippen molar-refractivity contribution in [3.63, 3.8) is 0 Å². The van der Waals surface area contributed by atoms with E-state index in [0.717, 1.165) is 24.4 Å². The molecule has 0 aliphatic heterocycles. The van der Waals surface area contributed by atoms with Gasteiger partial charge in [-0.1, -0.05) is 30.1 Å². The SMILES string of the molecule is CCc1nn(CC)c(CNc2cc(F)cc(Cl)c2)c1Cl. The van der Waals surface area contributed by atoms with Crippen LogP contribution in [0.5, 0.6) is 0 Å². The van der Waals surface area contributed by atoms with Crippen LogP contribution in [-0.4, -0.2) is 9.78 Å². The van der Waals surface area contributed by atoms with Crippen molar-refractivity contribution in [3.8, 4) is 0 Å². The van der Waals surface area contributed by atoms with Crippen molar-refractivity contribution in [3.05, 3.63) is 45.4 Å². The van der Waals surface area contributed by atoms with Gasteiger partial charge in [-0.05, 0) is 31.5 Å².